The van der Waals surface area contributed by atoms with Crippen LogP contribution in [0.4, 0.5) is 0 Å². The summed E-state index contributed by atoms with van der Waals surface area (Å²) in [5.74, 6) is 0.142. The minimum Gasteiger partial charge on any atom is -0.374 e. The van der Waals surface area contributed by atoms with Crippen LogP contribution in [0.1, 0.15) is 29.4 Å². The van der Waals surface area contributed by atoms with E-state index in [1.807, 2.05) is 32.0 Å². The predicted molar refractivity (Wildman–Crippen MR) is 98.3 cm³/mol. The third-order valence-corrected chi connectivity index (χ3v) is 4.77. The summed E-state index contributed by atoms with van der Waals surface area (Å²) in [5.41, 5.74) is 3.17. The van der Waals surface area contributed by atoms with Crippen LogP contribution in [0.3, 0.4) is 0 Å². The second kappa shape index (κ2) is 7.42. The van der Waals surface area contributed by atoms with E-state index in [2.05, 4.69) is 17.0 Å². The lowest BCUT2D eigenvalue weighted by Crippen LogP contribution is -2.33. The molecule has 1 aliphatic heterocycles. The molecule has 1 aromatic carbocycles. The lowest BCUT2D eigenvalue weighted by Gasteiger charge is -2.18. The Kier molecular flexibility index (Phi) is 5.25. The Hall–Kier alpha value is -2.11. The second-order valence-corrected chi connectivity index (χ2v) is 6.87. The van der Waals surface area contributed by atoms with Crippen molar-refractivity contribution in [2.45, 2.75) is 26.4 Å². The van der Waals surface area contributed by atoms with Gasteiger partial charge >= 0.3 is 0 Å². The predicted octanol–water partition coefficient (Wildman–Crippen LogP) is 3.55. The smallest absolute Gasteiger partial charge is 0.254 e. The van der Waals surface area contributed by atoms with Gasteiger partial charge in [-0.05, 0) is 38.5 Å². The molecular formula is C19H22ClN3O2. The number of benzene rings is 1. The summed E-state index contributed by atoms with van der Waals surface area (Å²) in [6, 6.07) is 7.38. The molecule has 6 heteroatoms. The van der Waals surface area contributed by atoms with Crippen molar-refractivity contribution in [2.75, 3.05) is 13.2 Å². The SMILES string of the molecule is C=C(C)[C@H]1OCC[C@@H]1CNC(=O)c1cnn(-c2cccc(Cl)c2)c1C. The average molecular weight is 360 g/mol. The maximum Gasteiger partial charge on any atom is 0.254 e. The van der Waals surface area contributed by atoms with Crippen molar-refractivity contribution < 1.29 is 9.53 Å². The van der Waals surface area contributed by atoms with Gasteiger partial charge in [0.2, 0.25) is 0 Å². The van der Waals surface area contributed by atoms with Crippen LogP contribution in [0.2, 0.25) is 5.02 Å². The number of carbonyl (C=O) groups excluding carboxylic acids is 1. The highest BCUT2D eigenvalue weighted by Crippen LogP contribution is 2.25. The molecule has 0 bridgehead atoms. The number of rotatable bonds is 5. The van der Waals surface area contributed by atoms with E-state index in [9.17, 15) is 4.79 Å². The Morgan fingerprint density at radius 1 is 1.52 bits per heavy atom. The maximum atomic E-state index is 12.6. The summed E-state index contributed by atoms with van der Waals surface area (Å²) in [6.45, 7) is 9.08. The van der Waals surface area contributed by atoms with Crippen molar-refractivity contribution in [3.63, 3.8) is 0 Å². The highest BCUT2D eigenvalue weighted by Gasteiger charge is 2.29. The minimum atomic E-state index is -0.127. The van der Waals surface area contributed by atoms with Gasteiger partial charge in [-0.25, -0.2) is 4.68 Å². The van der Waals surface area contributed by atoms with Crippen LogP contribution in [-0.4, -0.2) is 34.9 Å². The maximum absolute atomic E-state index is 12.6. The zero-order valence-corrected chi connectivity index (χ0v) is 15.2. The summed E-state index contributed by atoms with van der Waals surface area (Å²) < 4.78 is 7.40. The molecule has 3 rings (SSSR count). The molecule has 0 saturated carbocycles. The number of nitrogens with zero attached hydrogens (tertiary/aromatic N) is 2. The highest BCUT2D eigenvalue weighted by atomic mass is 35.5. The Labute approximate surface area is 152 Å². The van der Waals surface area contributed by atoms with Gasteiger partial charge in [0.15, 0.2) is 0 Å². The number of amides is 1. The lowest BCUT2D eigenvalue weighted by molar-refractivity contribution is 0.0925. The second-order valence-electron chi connectivity index (χ2n) is 6.43. The molecule has 1 amide bonds. The van der Waals surface area contributed by atoms with Gasteiger partial charge < -0.3 is 10.1 Å². The van der Waals surface area contributed by atoms with Gasteiger partial charge in [0, 0.05) is 24.1 Å². The number of aromatic nitrogens is 2. The minimum absolute atomic E-state index is 0.0237. The molecule has 1 aromatic heterocycles. The fraction of sp³-hybridized carbons (Fsp3) is 0.368. The third-order valence-electron chi connectivity index (χ3n) is 4.53. The van der Waals surface area contributed by atoms with Crippen molar-refractivity contribution in [3.8, 4) is 5.69 Å². The number of hydrogen-bond donors (Lipinski definition) is 1. The molecule has 2 atom stereocenters. The zero-order valence-electron chi connectivity index (χ0n) is 14.5. The Morgan fingerprint density at radius 3 is 3.04 bits per heavy atom. The number of halogens is 1. The van der Waals surface area contributed by atoms with Gasteiger partial charge in [-0.2, -0.15) is 5.10 Å². The first kappa shape index (κ1) is 17.7. The van der Waals surface area contributed by atoms with Gasteiger partial charge in [0.05, 0.1) is 29.2 Å². The first-order chi connectivity index (χ1) is 12.0. The molecule has 132 valence electrons. The Balaban J connectivity index is 1.70. The molecule has 1 aliphatic rings. The molecule has 0 aliphatic carbocycles. The van der Waals surface area contributed by atoms with Crippen LogP contribution in [-0.2, 0) is 4.74 Å². The van der Waals surface area contributed by atoms with Gasteiger partial charge in [0.25, 0.3) is 5.91 Å². The van der Waals surface area contributed by atoms with E-state index < -0.39 is 0 Å². The normalized spacial score (nSPS) is 19.8. The van der Waals surface area contributed by atoms with Gasteiger partial charge in [0.1, 0.15) is 0 Å². The number of hydrogen-bond acceptors (Lipinski definition) is 3. The number of carbonyl (C=O) groups is 1. The monoisotopic (exact) mass is 359 g/mol. The molecule has 1 fully saturated rings. The number of ether oxygens (including phenoxy) is 1. The molecule has 5 nitrogen and oxygen atoms in total. The van der Waals surface area contributed by atoms with Crippen molar-refractivity contribution in [1.29, 1.82) is 0 Å². The summed E-state index contributed by atoms with van der Waals surface area (Å²) >= 11 is 6.04. The van der Waals surface area contributed by atoms with Gasteiger partial charge in [-0.15, -0.1) is 0 Å². The molecular weight excluding hydrogens is 338 g/mol. The van der Waals surface area contributed by atoms with Crippen molar-refractivity contribution in [2.24, 2.45) is 5.92 Å². The lowest BCUT2D eigenvalue weighted by atomic mass is 9.97. The van der Waals surface area contributed by atoms with Crippen LogP contribution in [0.15, 0.2) is 42.6 Å². The van der Waals surface area contributed by atoms with Crippen molar-refractivity contribution >= 4 is 17.5 Å². The first-order valence-corrected chi connectivity index (χ1v) is 8.71. The highest BCUT2D eigenvalue weighted by molar-refractivity contribution is 6.30. The quantitative estimate of drug-likeness (QED) is 0.831. The topological polar surface area (TPSA) is 56.1 Å². The molecule has 25 heavy (non-hydrogen) atoms. The molecule has 2 aromatic rings. The summed E-state index contributed by atoms with van der Waals surface area (Å²) in [6.07, 6.45) is 2.54. The third kappa shape index (κ3) is 3.78. The fourth-order valence-electron chi connectivity index (χ4n) is 3.21. The van der Waals surface area contributed by atoms with E-state index in [4.69, 9.17) is 16.3 Å². The average Bonchev–Trinajstić information content (AvgIpc) is 3.19. The first-order valence-electron chi connectivity index (χ1n) is 8.33. The van der Waals surface area contributed by atoms with E-state index in [1.165, 1.54) is 0 Å². The standard InChI is InChI=1S/C19H22ClN3O2/c1-12(2)18-14(7-8-25-18)10-21-19(24)17-11-22-23(13(17)3)16-6-4-5-15(20)9-16/h4-6,9,11,14,18H,1,7-8,10H2,2-3H3,(H,21,24)/t14-,18-/m1/s1. The van der Waals surface area contributed by atoms with Gasteiger partial charge in [-0.1, -0.05) is 29.8 Å². The Bertz CT molecular complexity index is 800. The molecule has 1 saturated heterocycles. The molecule has 0 spiro atoms. The fourth-order valence-corrected chi connectivity index (χ4v) is 3.39. The van der Waals surface area contributed by atoms with E-state index in [0.29, 0.717) is 23.7 Å². The van der Waals surface area contributed by atoms with Crippen LogP contribution in [0.25, 0.3) is 5.69 Å². The zero-order chi connectivity index (χ0) is 18.0. The summed E-state index contributed by atoms with van der Waals surface area (Å²) in [4.78, 5) is 12.6. The van der Waals surface area contributed by atoms with Crippen LogP contribution in [0.5, 0.6) is 0 Å². The van der Waals surface area contributed by atoms with Crippen LogP contribution < -0.4 is 5.32 Å². The summed E-state index contributed by atoms with van der Waals surface area (Å²) in [5, 5.41) is 7.96. The van der Waals surface area contributed by atoms with E-state index >= 15 is 0 Å². The van der Waals surface area contributed by atoms with E-state index in [-0.39, 0.29) is 17.9 Å². The number of nitrogens with one attached hydrogen (secondary N) is 1. The van der Waals surface area contributed by atoms with Crippen molar-refractivity contribution in [3.05, 3.63) is 58.9 Å². The summed E-state index contributed by atoms with van der Waals surface area (Å²) in [7, 11) is 0. The van der Waals surface area contributed by atoms with Crippen LogP contribution >= 0.6 is 11.6 Å². The molecule has 0 radical (unpaired) electrons. The van der Waals surface area contributed by atoms with Crippen molar-refractivity contribution in [1.82, 2.24) is 15.1 Å². The largest absolute Gasteiger partial charge is 0.374 e. The molecule has 0 unspecified atom stereocenters. The van der Waals surface area contributed by atoms with Gasteiger partial charge in [-0.3, -0.25) is 4.79 Å². The Morgan fingerprint density at radius 2 is 2.32 bits per heavy atom. The van der Waals surface area contributed by atoms with Crippen LogP contribution in [0, 0.1) is 12.8 Å². The van der Waals surface area contributed by atoms with E-state index in [1.54, 1.807) is 16.9 Å². The molecule has 1 N–H and O–H groups in total. The van der Waals surface area contributed by atoms with E-state index in [0.717, 1.165) is 23.4 Å². The molecule has 2 heterocycles.